The molecular weight excluding hydrogens is 361 g/mol. The van der Waals surface area contributed by atoms with Crippen LogP contribution in [0.4, 0.5) is 10.1 Å². The second kappa shape index (κ2) is 6.26. The molecule has 0 spiro atoms. The van der Waals surface area contributed by atoms with Crippen LogP contribution in [-0.2, 0) is 4.79 Å². The van der Waals surface area contributed by atoms with Crippen molar-refractivity contribution in [1.82, 2.24) is 20.3 Å². The van der Waals surface area contributed by atoms with Crippen LogP contribution in [0.2, 0.25) is 0 Å². The number of fused-ring (bicyclic) bond motifs is 1. The number of amides is 1. The molecule has 1 fully saturated rings. The molecule has 1 aliphatic heterocycles. The fourth-order valence-electron chi connectivity index (χ4n) is 3.57. The average molecular weight is 377 g/mol. The van der Waals surface area contributed by atoms with Gasteiger partial charge in [0.1, 0.15) is 5.82 Å². The van der Waals surface area contributed by atoms with Crippen LogP contribution in [0.5, 0.6) is 0 Å². The van der Waals surface area contributed by atoms with Crippen LogP contribution in [0.25, 0.3) is 22.5 Å². The highest BCUT2D eigenvalue weighted by Gasteiger charge is 2.36. The molecule has 2 aromatic heterocycles. The highest BCUT2D eigenvalue weighted by atomic mass is 19.1. The first-order chi connectivity index (χ1) is 13.6. The van der Waals surface area contributed by atoms with Gasteiger partial charge >= 0.3 is 0 Å². The Morgan fingerprint density at radius 3 is 3.00 bits per heavy atom. The average Bonchev–Trinajstić information content (AvgIpc) is 3.41. The molecule has 8 heteroatoms. The second-order valence-electron chi connectivity index (χ2n) is 6.94. The van der Waals surface area contributed by atoms with E-state index in [4.69, 9.17) is 4.52 Å². The molecule has 1 N–H and O–H groups in total. The summed E-state index contributed by atoms with van der Waals surface area (Å²) in [6.45, 7) is 2.17. The molecule has 3 heterocycles. The van der Waals surface area contributed by atoms with Crippen molar-refractivity contribution in [3.05, 3.63) is 59.7 Å². The number of aromatic nitrogens is 4. The van der Waals surface area contributed by atoms with Crippen LogP contribution in [0.15, 0.2) is 47.0 Å². The van der Waals surface area contributed by atoms with Crippen molar-refractivity contribution in [2.75, 3.05) is 11.4 Å². The molecule has 1 aliphatic rings. The first-order valence-electron chi connectivity index (χ1n) is 8.94. The minimum absolute atomic E-state index is 0.161. The van der Waals surface area contributed by atoms with E-state index in [1.54, 1.807) is 12.1 Å². The molecule has 1 saturated heterocycles. The Bertz CT molecular complexity index is 1200. The Morgan fingerprint density at radius 2 is 2.11 bits per heavy atom. The summed E-state index contributed by atoms with van der Waals surface area (Å²) in [4.78, 5) is 18.4. The normalized spacial score (nSPS) is 17.0. The SMILES string of the molecule is Cc1ccc(F)c(N2CC(c3noc(-c4n[nH]c5ccccc45)n3)CC2=O)c1. The van der Waals surface area contributed by atoms with Crippen molar-refractivity contribution in [3.8, 4) is 11.6 Å². The van der Waals surface area contributed by atoms with E-state index >= 15 is 0 Å². The quantitative estimate of drug-likeness (QED) is 0.590. The van der Waals surface area contributed by atoms with Crippen LogP contribution >= 0.6 is 0 Å². The number of hydrogen-bond acceptors (Lipinski definition) is 5. The van der Waals surface area contributed by atoms with Crippen LogP contribution in [0, 0.1) is 12.7 Å². The van der Waals surface area contributed by atoms with Crippen LogP contribution in [-0.4, -0.2) is 32.8 Å². The summed E-state index contributed by atoms with van der Waals surface area (Å²) in [6.07, 6.45) is 0.202. The van der Waals surface area contributed by atoms with E-state index in [2.05, 4.69) is 20.3 Å². The first-order valence-corrected chi connectivity index (χ1v) is 8.94. The maximum Gasteiger partial charge on any atom is 0.279 e. The number of nitrogens with zero attached hydrogens (tertiary/aromatic N) is 4. The number of rotatable bonds is 3. The number of benzene rings is 2. The van der Waals surface area contributed by atoms with E-state index in [1.165, 1.54) is 11.0 Å². The molecule has 4 aromatic rings. The minimum atomic E-state index is -0.420. The van der Waals surface area contributed by atoms with Gasteiger partial charge in [-0.1, -0.05) is 29.4 Å². The Labute approximate surface area is 159 Å². The van der Waals surface area contributed by atoms with Gasteiger partial charge in [-0.3, -0.25) is 9.89 Å². The van der Waals surface area contributed by atoms with E-state index in [-0.39, 0.29) is 23.9 Å². The van der Waals surface area contributed by atoms with Crippen LogP contribution in [0.3, 0.4) is 0 Å². The summed E-state index contributed by atoms with van der Waals surface area (Å²) in [6, 6.07) is 12.4. The van der Waals surface area contributed by atoms with E-state index in [1.807, 2.05) is 31.2 Å². The van der Waals surface area contributed by atoms with Gasteiger partial charge in [-0.25, -0.2) is 4.39 Å². The second-order valence-corrected chi connectivity index (χ2v) is 6.94. The smallest absolute Gasteiger partial charge is 0.279 e. The third-order valence-electron chi connectivity index (χ3n) is 5.00. The van der Waals surface area contributed by atoms with Crippen LogP contribution < -0.4 is 4.90 Å². The number of carbonyl (C=O) groups is 1. The maximum atomic E-state index is 14.2. The van der Waals surface area contributed by atoms with E-state index in [9.17, 15) is 9.18 Å². The number of halogens is 1. The number of hydrogen-bond donors (Lipinski definition) is 1. The molecule has 1 unspecified atom stereocenters. The van der Waals surface area contributed by atoms with Gasteiger partial charge in [-0.15, -0.1) is 0 Å². The zero-order valence-electron chi connectivity index (χ0n) is 15.0. The number of anilines is 1. The molecule has 2 aromatic carbocycles. The lowest BCUT2D eigenvalue weighted by atomic mass is 10.1. The Kier molecular flexibility index (Phi) is 3.71. The lowest BCUT2D eigenvalue weighted by Crippen LogP contribution is -2.25. The predicted octanol–water partition coefficient (Wildman–Crippen LogP) is 3.58. The number of H-pyrrole nitrogens is 1. The van der Waals surface area contributed by atoms with Gasteiger partial charge in [0, 0.05) is 24.3 Å². The molecule has 140 valence electrons. The molecule has 5 rings (SSSR count). The molecule has 0 aliphatic carbocycles. The topological polar surface area (TPSA) is 87.9 Å². The monoisotopic (exact) mass is 377 g/mol. The van der Waals surface area contributed by atoms with Crippen molar-refractivity contribution in [2.24, 2.45) is 0 Å². The van der Waals surface area contributed by atoms with Gasteiger partial charge < -0.3 is 9.42 Å². The Hall–Kier alpha value is -3.55. The van der Waals surface area contributed by atoms with Crippen molar-refractivity contribution < 1.29 is 13.7 Å². The summed E-state index contributed by atoms with van der Waals surface area (Å²) in [5.41, 5.74) is 2.61. The van der Waals surface area contributed by atoms with Crippen molar-refractivity contribution in [2.45, 2.75) is 19.3 Å². The fraction of sp³-hybridized carbons (Fsp3) is 0.200. The molecule has 1 amide bonds. The van der Waals surface area contributed by atoms with Crippen molar-refractivity contribution in [3.63, 3.8) is 0 Å². The Balaban J connectivity index is 1.44. The lowest BCUT2D eigenvalue weighted by Gasteiger charge is -2.17. The summed E-state index contributed by atoms with van der Waals surface area (Å²) in [5.74, 6) is -0.136. The van der Waals surface area contributed by atoms with E-state index in [0.717, 1.165) is 16.5 Å². The zero-order valence-corrected chi connectivity index (χ0v) is 15.0. The molecule has 7 nitrogen and oxygen atoms in total. The summed E-state index contributed by atoms with van der Waals surface area (Å²) in [5, 5.41) is 12.1. The first kappa shape index (κ1) is 16.6. The number of nitrogens with one attached hydrogen (secondary N) is 1. The molecule has 1 atom stereocenters. The fourth-order valence-corrected chi connectivity index (χ4v) is 3.57. The number of aromatic amines is 1. The van der Waals surface area contributed by atoms with E-state index in [0.29, 0.717) is 24.0 Å². The van der Waals surface area contributed by atoms with Crippen LogP contribution in [0.1, 0.15) is 23.7 Å². The molecular formula is C20H16FN5O2. The molecule has 0 saturated carbocycles. The molecule has 0 bridgehead atoms. The summed E-state index contributed by atoms with van der Waals surface area (Å²) >= 11 is 0. The third kappa shape index (κ3) is 2.65. The van der Waals surface area contributed by atoms with Gasteiger partial charge in [-0.2, -0.15) is 10.1 Å². The zero-order chi connectivity index (χ0) is 19.3. The van der Waals surface area contributed by atoms with Gasteiger partial charge in [0.05, 0.1) is 11.2 Å². The minimum Gasteiger partial charge on any atom is -0.332 e. The summed E-state index contributed by atoms with van der Waals surface area (Å²) < 4.78 is 19.6. The predicted molar refractivity (Wildman–Crippen MR) is 100 cm³/mol. The Morgan fingerprint density at radius 1 is 1.25 bits per heavy atom. The van der Waals surface area contributed by atoms with Gasteiger partial charge in [0.15, 0.2) is 11.5 Å². The standard InChI is InChI=1S/C20H16FN5O2/c1-11-6-7-14(21)16(8-11)26-10-12(9-17(26)27)19-22-20(28-25-19)18-13-4-2-3-5-15(13)23-24-18/h2-8,12H,9-10H2,1H3,(H,23,24). The van der Waals surface area contributed by atoms with E-state index < -0.39 is 5.82 Å². The maximum absolute atomic E-state index is 14.2. The van der Waals surface area contributed by atoms with Crippen molar-refractivity contribution >= 4 is 22.5 Å². The molecule has 0 radical (unpaired) electrons. The van der Waals surface area contributed by atoms with Crippen molar-refractivity contribution in [1.29, 1.82) is 0 Å². The highest BCUT2D eigenvalue weighted by molar-refractivity contribution is 5.96. The number of carbonyl (C=O) groups excluding carboxylic acids is 1. The van der Waals surface area contributed by atoms with Gasteiger partial charge in [0.2, 0.25) is 5.91 Å². The molecule has 28 heavy (non-hydrogen) atoms. The van der Waals surface area contributed by atoms with Gasteiger partial charge in [-0.05, 0) is 30.7 Å². The number of aryl methyl sites for hydroxylation is 1. The summed E-state index contributed by atoms with van der Waals surface area (Å²) in [7, 11) is 0. The third-order valence-corrected chi connectivity index (χ3v) is 5.00. The highest BCUT2D eigenvalue weighted by Crippen LogP contribution is 2.33. The van der Waals surface area contributed by atoms with Gasteiger partial charge in [0.25, 0.3) is 5.89 Å². The largest absolute Gasteiger partial charge is 0.332 e. The number of para-hydroxylation sites is 1. The lowest BCUT2D eigenvalue weighted by molar-refractivity contribution is -0.117.